The third-order valence-electron chi connectivity index (χ3n) is 6.04. The summed E-state index contributed by atoms with van der Waals surface area (Å²) >= 11 is 0. The van der Waals surface area contributed by atoms with E-state index in [1.54, 1.807) is 13.4 Å². The van der Waals surface area contributed by atoms with E-state index in [4.69, 9.17) is 14.1 Å². The van der Waals surface area contributed by atoms with Crippen LogP contribution in [0.5, 0.6) is 0 Å². The molecule has 32 heavy (non-hydrogen) atoms. The number of halogens is 1. The molecule has 0 aromatic carbocycles. The minimum absolute atomic E-state index is 0. The quantitative estimate of drug-likeness (QED) is 0.227. The van der Waals surface area contributed by atoms with Crippen molar-refractivity contribution in [2.75, 3.05) is 72.6 Å². The van der Waals surface area contributed by atoms with Crippen LogP contribution in [0.4, 0.5) is 0 Å². The van der Waals surface area contributed by atoms with Gasteiger partial charge in [0.15, 0.2) is 5.96 Å². The van der Waals surface area contributed by atoms with Crippen molar-refractivity contribution in [1.82, 2.24) is 20.0 Å². The van der Waals surface area contributed by atoms with Crippen molar-refractivity contribution in [2.45, 2.75) is 26.7 Å². The molecule has 1 aromatic rings. The maximum atomic E-state index is 12.8. The zero-order chi connectivity index (χ0) is 22.1. The average molecular weight is 562 g/mol. The number of carbonyl (C=O) groups excluding carboxylic acids is 1. The summed E-state index contributed by atoms with van der Waals surface area (Å²) in [5, 5.41) is 3.47. The fraction of sp³-hybridized carbons (Fsp3) is 0.739. The summed E-state index contributed by atoms with van der Waals surface area (Å²) in [5.74, 6) is 3.35. The van der Waals surface area contributed by atoms with Crippen molar-refractivity contribution in [3.05, 3.63) is 24.2 Å². The Kier molecular flexibility index (Phi) is 11.8. The van der Waals surface area contributed by atoms with Gasteiger partial charge in [0.25, 0.3) is 0 Å². The van der Waals surface area contributed by atoms with Crippen LogP contribution < -0.4 is 5.32 Å². The summed E-state index contributed by atoms with van der Waals surface area (Å²) in [6.45, 7) is 12.3. The average Bonchev–Trinajstić information content (AvgIpc) is 3.26. The molecule has 8 nitrogen and oxygen atoms in total. The monoisotopic (exact) mass is 561 g/mol. The summed E-state index contributed by atoms with van der Waals surface area (Å²) < 4.78 is 10.6. The van der Waals surface area contributed by atoms with Gasteiger partial charge in [0.1, 0.15) is 5.76 Å². The van der Waals surface area contributed by atoms with Gasteiger partial charge in [-0.25, -0.2) is 0 Å². The summed E-state index contributed by atoms with van der Waals surface area (Å²) in [5.41, 5.74) is 0. The van der Waals surface area contributed by atoms with Crippen LogP contribution in [0.15, 0.2) is 27.8 Å². The summed E-state index contributed by atoms with van der Waals surface area (Å²) in [7, 11) is 1.69. The highest BCUT2D eigenvalue weighted by atomic mass is 127. The van der Waals surface area contributed by atoms with Crippen LogP contribution in [0.1, 0.15) is 26.0 Å². The molecule has 1 amide bonds. The van der Waals surface area contributed by atoms with Crippen molar-refractivity contribution in [1.29, 1.82) is 0 Å². The van der Waals surface area contributed by atoms with Crippen LogP contribution in [0.3, 0.4) is 0 Å². The Balaban J connectivity index is 0.00000363. The number of hydrogen-bond acceptors (Lipinski definition) is 5. The molecule has 1 aromatic heterocycles. The minimum Gasteiger partial charge on any atom is -0.469 e. The zero-order valence-electron chi connectivity index (χ0n) is 19.8. The Labute approximate surface area is 209 Å². The third-order valence-corrected chi connectivity index (χ3v) is 6.04. The van der Waals surface area contributed by atoms with Gasteiger partial charge in [0.2, 0.25) is 5.91 Å². The zero-order valence-corrected chi connectivity index (χ0v) is 22.1. The number of nitrogens with zero attached hydrogens (tertiary/aromatic N) is 4. The molecule has 2 aliphatic rings. The van der Waals surface area contributed by atoms with Gasteiger partial charge >= 0.3 is 0 Å². The number of hydrogen-bond donors (Lipinski definition) is 1. The molecule has 0 bridgehead atoms. The van der Waals surface area contributed by atoms with Crippen molar-refractivity contribution in [3.63, 3.8) is 0 Å². The smallest absolute Gasteiger partial charge is 0.236 e. The number of nitrogens with one attached hydrogen (secondary N) is 1. The van der Waals surface area contributed by atoms with Crippen molar-refractivity contribution < 1.29 is 13.9 Å². The lowest BCUT2D eigenvalue weighted by Crippen LogP contribution is -2.55. The number of amides is 1. The largest absolute Gasteiger partial charge is 0.469 e. The number of guanidine groups is 1. The molecular formula is C23H40IN5O3. The predicted octanol–water partition coefficient (Wildman–Crippen LogP) is 2.15. The van der Waals surface area contributed by atoms with E-state index < -0.39 is 0 Å². The molecule has 2 atom stereocenters. The van der Waals surface area contributed by atoms with Crippen LogP contribution in [0, 0.1) is 11.8 Å². The number of furan rings is 1. The molecule has 0 radical (unpaired) electrons. The normalized spacial score (nSPS) is 22.5. The lowest BCUT2D eigenvalue weighted by atomic mass is 9.92. The highest BCUT2D eigenvalue weighted by molar-refractivity contribution is 14.0. The second kappa shape index (κ2) is 14.0. The van der Waals surface area contributed by atoms with Crippen LogP contribution in [-0.2, 0) is 16.0 Å². The molecular weight excluding hydrogens is 521 g/mol. The fourth-order valence-electron chi connectivity index (χ4n) is 4.54. The Morgan fingerprint density at radius 2 is 1.91 bits per heavy atom. The fourth-order valence-corrected chi connectivity index (χ4v) is 4.54. The van der Waals surface area contributed by atoms with Gasteiger partial charge in [0.05, 0.1) is 26.0 Å². The maximum Gasteiger partial charge on any atom is 0.236 e. The van der Waals surface area contributed by atoms with E-state index in [2.05, 4.69) is 33.9 Å². The second-order valence-electron chi connectivity index (χ2n) is 8.96. The molecule has 3 heterocycles. The molecule has 3 rings (SSSR count). The van der Waals surface area contributed by atoms with Crippen molar-refractivity contribution >= 4 is 35.8 Å². The van der Waals surface area contributed by atoms with Crippen molar-refractivity contribution in [2.24, 2.45) is 16.8 Å². The Morgan fingerprint density at radius 1 is 1.19 bits per heavy atom. The lowest BCUT2D eigenvalue weighted by Gasteiger charge is -2.39. The number of carbonyl (C=O) groups is 1. The summed E-state index contributed by atoms with van der Waals surface area (Å²) in [4.78, 5) is 24.2. The first-order valence-corrected chi connectivity index (χ1v) is 11.6. The Bertz CT molecular complexity index is 682. The number of likely N-dealkylation sites (tertiary alicyclic amines) is 1. The number of piperazine rings is 1. The first-order valence-electron chi connectivity index (χ1n) is 11.6. The number of aliphatic imine (C=N–C) groups is 1. The van der Waals surface area contributed by atoms with Gasteiger partial charge < -0.3 is 24.3 Å². The molecule has 1 N–H and O–H groups in total. The molecule has 182 valence electrons. The molecule has 2 fully saturated rings. The topological polar surface area (TPSA) is 73.5 Å². The van der Waals surface area contributed by atoms with E-state index in [0.29, 0.717) is 31.5 Å². The second-order valence-corrected chi connectivity index (χ2v) is 8.96. The van der Waals surface area contributed by atoms with Gasteiger partial charge in [-0.3, -0.25) is 14.7 Å². The first-order chi connectivity index (χ1) is 15.0. The van der Waals surface area contributed by atoms with Crippen molar-refractivity contribution in [3.8, 4) is 0 Å². The standard InChI is InChI=1S/C23H39N5O3.HI/c1-19-15-20(2)17-28(16-19)22(29)18-26-9-11-27(12-10-26)23(25-8-14-30-3)24-7-6-21-5-4-13-31-21;/h4-5,13,19-20H,6-12,14-18H2,1-3H3,(H,24,25);1H. The number of piperidine rings is 1. The molecule has 9 heteroatoms. The van der Waals surface area contributed by atoms with E-state index in [-0.39, 0.29) is 29.9 Å². The van der Waals surface area contributed by atoms with Gasteiger partial charge in [-0.1, -0.05) is 13.8 Å². The first kappa shape index (κ1) is 26.9. The van der Waals surface area contributed by atoms with Crippen LogP contribution in [-0.4, -0.2) is 99.2 Å². The van der Waals surface area contributed by atoms with Crippen LogP contribution >= 0.6 is 24.0 Å². The SMILES string of the molecule is COCCN=C(NCCc1ccco1)N1CCN(CC(=O)N2CC(C)CC(C)C2)CC1.I. The molecule has 2 aliphatic heterocycles. The third kappa shape index (κ3) is 8.55. The summed E-state index contributed by atoms with van der Waals surface area (Å²) in [6, 6.07) is 3.90. The van der Waals surface area contributed by atoms with E-state index >= 15 is 0 Å². The van der Waals surface area contributed by atoms with E-state index in [1.807, 2.05) is 12.1 Å². The van der Waals surface area contributed by atoms with Gasteiger partial charge in [-0.15, -0.1) is 24.0 Å². The molecule has 2 unspecified atom stereocenters. The molecule has 0 aliphatic carbocycles. The highest BCUT2D eigenvalue weighted by Gasteiger charge is 2.28. The number of rotatable bonds is 8. The van der Waals surface area contributed by atoms with Gasteiger partial charge in [-0.2, -0.15) is 0 Å². The Hall–Kier alpha value is -1.33. The highest BCUT2D eigenvalue weighted by Crippen LogP contribution is 2.21. The minimum atomic E-state index is 0. The molecule has 2 saturated heterocycles. The molecule has 0 spiro atoms. The van der Waals surface area contributed by atoms with Gasteiger partial charge in [0, 0.05) is 59.3 Å². The predicted molar refractivity (Wildman–Crippen MR) is 138 cm³/mol. The van der Waals surface area contributed by atoms with Crippen LogP contribution in [0.2, 0.25) is 0 Å². The lowest BCUT2D eigenvalue weighted by molar-refractivity contribution is -0.135. The van der Waals surface area contributed by atoms with E-state index in [9.17, 15) is 4.79 Å². The Morgan fingerprint density at radius 3 is 2.53 bits per heavy atom. The van der Waals surface area contributed by atoms with E-state index in [1.165, 1.54) is 6.42 Å². The number of methoxy groups -OCH3 is 1. The maximum absolute atomic E-state index is 12.8. The van der Waals surface area contributed by atoms with Crippen LogP contribution in [0.25, 0.3) is 0 Å². The number of ether oxygens (including phenoxy) is 1. The summed E-state index contributed by atoms with van der Waals surface area (Å²) in [6.07, 6.45) is 3.74. The van der Waals surface area contributed by atoms with Gasteiger partial charge in [-0.05, 0) is 30.4 Å². The van der Waals surface area contributed by atoms with E-state index in [0.717, 1.165) is 64.0 Å². The molecule has 0 saturated carbocycles.